The summed E-state index contributed by atoms with van der Waals surface area (Å²) in [5.74, 6) is -0.555. The Labute approximate surface area is 129 Å². The third-order valence-corrected chi connectivity index (χ3v) is 5.58. The zero-order chi connectivity index (χ0) is 15.5. The van der Waals surface area contributed by atoms with E-state index in [1.54, 1.807) is 19.1 Å². The predicted octanol–water partition coefficient (Wildman–Crippen LogP) is 0.866. The number of rotatable bonds is 4. The summed E-state index contributed by atoms with van der Waals surface area (Å²) < 4.78 is 31.6. The number of sulfonamides is 1. The van der Waals surface area contributed by atoms with E-state index in [1.165, 1.54) is 12.1 Å². The third kappa shape index (κ3) is 3.37. The highest BCUT2D eigenvalue weighted by Gasteiger charge is 2.39. The van der Waals surface area contributed by atoms with Crippen LogP contribution in [0.25, 0.3) is 0 Å². The Bertz CT molecular complexity index is 620. The van der Waals surface area contributed by atoms with Crippen molar-refractivity contribution in [2.45, 2.75) is 17.9 Å². The fourth-order valence-corrected chi connectivity index (χ4v) is 4.27. The molecule has 1 atom stereocenters. The topological polar surface area (TPSA) is 75.7 Å². The molecule has 1 aromatic carbocycles. The second-order valence-electron chi connectivity index (χ2n) is 4.52. The van der Waals surface area contributed by atoms with Crippen molar-refractivity contribution in [1.29, 1.82) is 0 Å². The van der Waals surface area contributed by atoms with Gasteiger partial charge in [-0.1, -0.05) is 23.7 Å². The maximum absolute atomic E-state index is 12.7. The number of nitrogens with one attached hydrogen (secondary N) is 1. The highest BCUT2D eigenvalue weighted by Crippen LogP contribution is 2.26. The standard InChI is InChI=1S/C13H17ClN2O4S/c1-2-20-13(17)11-9-15-7-8-16(11)21(18,19)12-6-4-3-5-10(12)14/h3-6,11,15H,2,7-9H2,1H3. The first-order chi connectivity index (χ1) is 9.98. The van der Waals surface area contributed by atoms with Crippen LogP contribution >= 0.6 is 11.6 Å². The van der Waals surface area contributed by atoms with Gasteiger partial charge < -0.3 is 10.1 Å². The average Bonchev–Trinajstić information content (AvgIpc) is 2.48. The molecule has 1 aliphatic rings. The molecular formula is C13H17ClN2O4S. The lowest BCUT2D eigenvalue weighted by Gasteiger charge is -2.33. The van der Waals surface area contributed by atoms with Crippen LogP contribution in [0.4, 0.5) is 0 Å². The van der Waals surface area contributed by atoms with Crippen molar-refractivity contribution >= 4 is 27.6 Å². The van der Waals surface area contributed by atoms with Gasteiger partial charge in [0.2, 0.25) is 10.0 Å². The number of hydrogen-bond donors (Lipinski definition) is 1. The van der Waals surface area contributed by atoms with Crippen LogP contribution in [0, 0.1) is 0 Å². The van der Waals surface area contributed by atoms with E-state index in [0.717, 1.165) is 4.31 Å². The highest BCUT2D eigenvalue weighted by atomic mass is 35.5. The van der Waals surface area contributed by atoms with Crippen molar-refractivity contribution in [2.24, 2.45) is 0 Å². The monoisotopic (exact) mass is 332 g/mol. The van der Waals surface area contributed by atoms with Crippen LogP contribution in [0.2, 0.25) is 5.02 Å². The van der Waals surface area contributed by atoms with Crippen molar-refractivity contribution in [2.75, 3.05) is 26.2 Å². The van der Waals surface area contributed by atoms with Crippen molar-refractivity contribution in [3.8, 4) is 0 Å². The molecule has 1 N–H and O–H groups in total. The molecule has 21 heavy (non-hydrogen) atoms. The smallest absolute Gasteiger partial charge is 0.325 e. The van der Waals surface area contributed by atoms with Gasteiger partial charge >= 0.3 is 5.97 Å². The Morgan fingerprint density at radius 3 is 2.86 bits per heavy atom. The Balaban J connectivity index is 2.36. The minimum absolute atomic E-state index is 0.00265. The normalized spacial score (nSPS) is 20.2. The number of ether oxygens (including phenoxy) is 1. The van der Waals surface area contributed by atoms with Crippen LogP contribution in [0.5, 0.6) is 0 Å². The molecule has 2 rings (SSSR count). The molecule has 6 nitrogen and oxygen atoms in total. The zero-order valence-electron chi connectivity index (χ0n) is 11.6. The number of esters is 1. The van der Waals surface area contributed by atoms with Crippen LogP contribution in [-0.2, 0) is 19.6 Å². The van der Waals surface area contributed by atoms with E-state index in [2.05, 4.69) is 5.32 Å². The summed E-state index contributed by atoms with van der Waals surface area (Å²) >= 11 is 5.98. The Hall–Kier alpha value is -1.15. The molecule has 0 saturated carbocycles. The van der Waals surface area contributed by atoms with Gasteiger partial charge in [0, 0.05) is 19.6 Å². The van der Waals surface area contributed by atoms with Crippen LogP contribution in [0.1, 0.15) is 6.92 Å². The van der Waals surface area contributed by atoms with Crippen molar-refractivity contribution < 1.29 is 17.9 Å². The summed E-state index contributed by atoms with van der Waals surface area (Å²) in [6.07, 6.45) is 0. The summed E-state index contributed by atoms with van der Waals surface area (Å²) in [5.41, 5.74) is 0. The molecule has 0 aliphatic carbocycles. The van der Waals surface area contributed by atoms with Crippen LogP contribution in [0.3, 0.4) is 0 Å². The highest BCUT2D eigenvalue weighted by molar-refractivity contribution is 7.89. The first-order valence-electron chi connectivity index (χ1n) is 6.62. The fourth-order valence-electron chi connectivity index (χ4n) is 2.19. The van der Waals surface area contributed by atoms with Crippen molar-refractivity contribution in [3.63, 3.8) is 0 Å². The maximum Gasteiger partial charge on any atom is 0.325 e. The fraction of sp³-hybridized carbons (Fsp3) is 0.462. The molecule has 0 bridgehead atoms. The van der Waals surface area contributed by atoms with Crippen LogP contribution in [-0.4, -0.2) is 51.0 Å². The van der Waals surface area contributed by atoms with Gasteiger partial charge in [-0.05, 0) is 19.1 Å². The Morgan fingerprint density at radius 2 is 2.19 bits per heavy atom. The molecule has 0 spiro atoms. The molecule has 8 heteroatoms. The van der Waals surface area contributed by atoms with E-state index in [1.807, 2.05) is 0 Å². The van der Waals surface area contributed by atoms with E-state index < -0.39 is 22.0 Å². The molecule has 0 amide bonds. The average molecular weight is 333 g/mol. The Kier molecular flexibility index (Phi) is 5.21. The quantitative estimate of drug-likeness (QED) is 0.828. The summed E-state index contributed by atoms with van der Waals surface area (Å²) in [6, 6.07) is 5.32. The number of hydrogen-bond acceptors (Lipinski definition) is 5. The van der Waals surface area contributed by atoms with Crippen LogP contribution < -0.4 is 5.32 Å². The SMILES string of the molecule is CCOC(=O)C1CNCCN1S(=O)(=O)c1ccccc1Cl. The van der Waals surface area contributed by atoms with Gasteiger partial charge in [0.05, 0.1) is 11.6 Å². The van der Waals surface area contributed by atoms with E-state index >= 15 is 0 Å². The number of benzene rings is 1. The minimum atomic E-state index is -3.84. The van der Waals surface area contributed by atoms with Crippen molar-refractivity contribution in [1.82, 2.24) is 9.62 Å². The first kappa shape index (κ1) is 16.2. The molecule has 116 valence electrons. The van der Waals surface area contributed by atoms with Gasteiger partial charge in [0.15, 0.2) is 0 Å². The van der Waals surface area contributed by atoms with Crippen molar-refractivity contribution in [3.05, 3.63) is 29.3 Å². The zero-order valence-corrected chi connectivity index (χ0v) is 13.2. The van der Waals surface area contributed by atoms with E-state index in [4.69, 9.17) is 16.3 Å². The van der Waals surface area contributed by atoms with Gasteiger partial charge in [-0.15, -0.1) is 0 Å². The van der Waals surface area contributed by atoms with Gasteiger partial charge in [-0.2, -0.15) is 4.31 Å². The van der Waals surface area contributed by atoms with Gasteiger partial charge in [0.1, 0.15) is 10.9 Å². The van der Waals surface area contributed by atoms with E-state index in [9.17, 15) is 13.2 Å². The third-order valence-electron chi connectivity index (χ3n) is 3.18. The number of piperazine rings is 1. The van der Waals surface area contributed by atoms with E-state index in [-0.39, 0.29) is 29.6 Å². The molecule has 0 radical (unpaired) electrons. The molecule has 1 unspecified atom stereocenters. The minimum Gasteiger partial charge on any atom is -0.465 e. The molecular weight excluding hydrogens is 316 g/mol. The number of nitrogens with zero attached hydrogens (tertiary/aromatic N) is 1. The largest absolute Gasteiger partial charge is 0.465 e. The lowest BCUT2D eigenvalue weighted by Crippen LogP contribution is -2.57. The van der Waals surface area contributed by atoms with E-state index in [0.29, 0.717) is 6.54 Å². The maximum atomic E-state index is 12.7. The number of carbonyl (C=O) groups excluding carboxylic acids is 1. The van der Waals surface area contributed by atoms with Gasteiger partial charge in [0.25, 0.3) is 0 Å². The molecule has 1 aromatic rings. The second-order valence-corrected chi connectivity index (χ2v) is 6.78. The summed E-state index contributed by atoms with van der Waals surface area (Å²) in [6.45, 7) is 2.77. The molecule has 1 aliphatic heterocycles. The van der Waals surface area contributed by atoms with Gasteiger partial charge in [-0.25, -0.2) is 8.42 Å². The summed E-state index contributed by atoms with van der Waals surface area (Å²) in [5, 5.41) is 3.14. The molecule has 1 heterocycles. The molecule has 1 saturated heterocycles. The van der Waals surface area contributed by atoms with Gasteiger partial charge in [-0.3, -0.25) is 4.79 Å². The summed E-state index contributed by atoms with van der Waals surface area (Å²) in [7, 11) is -3.84. The molecule has 0 aromatic heterocycles. The Morgan fingerprint density at radius 1 is 1.48 bits per heavy atom. The molecule has 1 fully saturated rings. The second kappa shape index (κ2) is 6.74. The van der Waals surface area contributed by atoms with Crippen LogP contribution in [0.15, 0.2) is 29.2 Å². The number of carbonyl (C=O) groups is 1. The predicted molar refractivity (Wildman–Crippen MR) is 78.6 cm³/mol. The summed E-state index contributed by atoms with van der Waals surface area (Å²) in [4.78, 5) is 12.0. The first-order valence-corrected chi connectivity index (χ1v) is 8.44. The lowest BCUT2D eigenvalue weighted by atomic mass is 10.2. The number of halogens is 1. The lowest BCUT2D eigenvalue weighted by molar-refractivity contribution is -0.148.